The van der Waals surface area contributed by atoms with Gasteiger partial charge >= 0.3 is 18.1 Å². The summed E-state index contributed by atoms with van der Waals surface area (Å²) in [5, 5.41) is 10.9. The van der Waals surface area contributed by atoms with E-state index >= 15 is 0 Å². The summed E-state index contributed by atoms with van der Waals surface area (Å²) in [7, 11) is 0. The Bertz CT molecular complexity index is 1460. The predicted octanol–water partition coefficient (Wildman–Crippen LogP) is 6.80. The fraction of sp³-hybridized carbons (Fsp3) is 0.471. The molecule has 0 saturated heterocycles. The van der Waals surface area contributed by atoms with E-state index in [1.165, 1.54) is 6.92 Å². The Morgan fingerprint density at radius 1 is 0.886 bits per heavy atom. The average molecular weight is 609 g/mol. The van der Waals surface area contributed by atoms with Crippen LogP contribution in [0, 0.1) is 0 Å². The second-order valence-electron chi connectivity index (χ2n) is 12.4. The molecule has 3 aromatic rings. The summed E-state index contributed by atoms with van der Waals surface area (Å²) >= 11 is 0. The molecule has 0 aliphatic carbocycles. The van der Waals surface area contributed by atoms with Crippen LogP contribution in [0.3, 0.4) is 0 Å². The van der Waals surface area contributed by atoms with Gasteiger partial charge in [-0.15, -0.1) is 0 Å². The summed E-state index contributed by atoms with van der Waals surface area (Å²) in [6.07, 6.45) is -1.31. The Morgan fingerprint density at radius 3 is 2.09 bits per heavy atom. The van der Waals surface area contributed by atoms with Gasteiger partial charge in [-0.2, -0.15) is 0 Å². The van der Waals surface area contributed by atoms with Crippen molar-refractivity contribution < 1.29 is 38.4 Å². The Morgan fingerprint density at radius 2 is 1.52 bits per heavy atom. The highest BCUT2D eigenvalue weighted by molar-refractivity contribution is 5.97. The van der Waals surface area contributed by atoms with E-state index in [9.17, 15) is 19.5 Å². The lowest BCUT2D eigenvalue weighted by Crippen LogP contribution is -2.28. The van der Waals surface area contributed by atoms with Gasteiger partial charge in [0.05, 0.1) is 11.7 Å². The van der Waals surface area contributed by atoms with Crippen molar-refractivity contribution in [1.29, 1.82) is 0 Å². The van der Waals surface area contributed by atoms with Crippen molar-refractivity contribution in [2.24, 2.45) is 0 Å². The van der Waals surface area contributed by atoms with Gasteiger partial charge in [-0.1, -0.05) is 49.4 Å². The predicted molar refractivity (Wildman–Crippen MR) is 165 cm³/mol. The van der Waals surface area contributed by atoms with E-state index in [-0.39, 0.29) is 17.9 Å². The fourth-order valence-corrected chi connectivity index (χ4v) is 4.52. The minimum atomic E-state index is -1.46. The molecule has 0 radical (unpaired) electrons. The summed E-state index contributed by atoms with van der Waals surface area (Å²) in [6.45, 7) is 15.6. The number of benzene rings is 2. The lowest BCUT2D eigenvalue weighted by molar-refractivity contribution is -0.0874. The number of imidazole rings is 1. The molecule has 0 bridgehead atoms. The Hall–Kier alpha value is -4.18. The van der Waals surface area contributed by atoms with E-state index in [0.29, 0.717) is 17.8 Å². The van der Waals surface area contributed by atoms with Crippen LogP contribution in [-0.4, -0.2) is 50.7 Å². The highest BCUT2D eigenvalue weighted by Crippen LogP contribution is 2.29. The first kappa shape index (κ1) is 34.3. The van der Waals surface area contributed by atoms with Crippen LogP contribution in [0.5, 0.6) is 0 Å². The minimum absolute atomic E-state index is 0.0629. The highest BCUT2D eigenvalue weighted by atomic mass is 16.8. The molecular weight excluding hydrogens is 564 g/mol. The number of rotatable bonds is 11. The molecule has 0 fully saturated rings. The molecule has 1 N–H and O–H groups in total. The van der Waals surface area contributed by atoms with Crippen LogP contribution >= 0.6 is 0 Å². The van der Waals surface area contributed by atoms with Gasteiger partial charge in [-0.25, -0.2) is 19.4 Å². The standard InChI is InChI=1S/C34H44N2O8/c1-10-13-27-35-29(34(8,9)40)28(31(38)42-22(4)43-32(39)41-21(2)3)36(27)20-23-16-18-24(19-17-23)25-14-11-12-15-26(25)30(37)44-33(5,6)7/h11-12,14-19,21-22,40H,10,13,20H2,1-9H3. The summed E-state index contributed by atoms with van der Waals surface area (Å²) in [4.78, 5) is 43.0. The molecule has 1 atom stereocenters. The van der Waals surface area contributed by atoms with E-state index in [1.807, 2.05) is 64.1 Å². The van der Waals surface area contributed by atoms with Gasteiger partial charge in [0.2, 0.25) is 6.29 Å². The number of carbonyl (C=O) groups excluding carboxylic acids is 3. The molecule has 3 rings (SSSR count). The van der Waals surface area contributed by atoms with Crippen LogP contribution in [0.15, 0.2) is 48.5 Å². The minimum Gasteiger partial charge on any atom is -0.456 e. The summed E-state index contributed by atoms with van der Waals surface area (Å²) in [5.74, 6) is -0.605. The first-order valence-corrected chi connectivity index (χ1v) is 14.8. The molecule has 0 amide bonds. The third-order valence-electron chi connectivity index (χ3n) is 6.31. The summed E-state index contributed by atoms with van der Waals surface area (Å²) < 4.78 is 22.8. The number of aliphatic hydroxyl groups is 1. The smallest absolute Gasteiger partial charge is 0.456 e. The first-order valence-electron chi connectivity index (χ1n) is 14.8. The van der Waals surface area contributed by atoms with E-state index < -0.39 is 41.7 Å². The molecule has 1 unspecified atom stereocenters. The van der Waals surface area contributed by atoms with Crippen LogP contribution in [0.25, 0.3) is 11.1 Å². The first-order chi connectivity index (χ1) is 20.5. The van der Waals surface area contributed by atoms with Crippen molar-refractivity contribution in [2.75, 3.05) is 0 Å². The molecule has 0 spiro atoms. The van der Waals surface area contributed by atoms with Gasteiger partial charge in [-0.3, -0.25) is 0 Å². The number of hydrogen-bond donors (Lipinski definition) is 1. The third kappa shape index (κ3) is 9.16. The summed E-state index contributed by atoms with van der Waals surface area (Å²) in [6, 6.07) is 14.9. The Balaban J connectivity index is 1.96. The second kappa shape index (κ2) is 14.1. The molecular formula is C34H44N2O8. The average Bonchev–Trinajstić information content (AvgIpc) is 3.26. The van der Waals surface area contributed by atoms with Crippen molar-refractivity contribution in [3.05, 3.63) is 76.9 Å². The number of aromatic nitrogens is 2. The fourth-order valence-electron chi connectivity index (χ4n) is 4.52. The molecule has 0 aliphatic rings. The third-order valence-corrected chi connectivity index (χ3v) is 6.31. The van der Waals surface area contributed by atoms with E-state index in [0.717, 1.165) is 23.1 Å². The van der Waals surface area contributed by atoms with Crippen molar-refractivity contribution in [3.8, 4) is 11.1 Å². The number of hydrogen-bond acceptors (Lipinski definition) is 9. The lowest BCUT2D eigenvalue weighted by Gasteiger charge is -2.21. The van der Waals surface area contributed by atoms with Crippen LogP contribution in [-0.2, 0) is 37.5 Å². The number of esters is 2. The van der Waals surface area contributed by atoms with Gasteiger partial charge in [0.1, 0.15) is 22.7 Å². The van der Waals surface area contributed by atoms with E-state index in [4.69, 9.17) is 18.9 Å². The maximum Gasteiger partial charge on any atom is 0.511 e. The molecule has 10 heteroatoms. The largest absolute Gasteiger partial charge is 0.511 e. The van der Waals surface area contributed by atoms with Gasteiger partial charge in [0.25, 0.3) is 0 Å². The SMILES string of the molecule is CCCc1nc(C(C)(C)O)c(C(=O)OC(C)OC(=O)OC(C)C)n1Cc1ccc(-c2ccccc2C(=O)OC(C)(C)C)cc1. The zero-order chi connectivity index (χ0) is 32.8. The molecule has 238 valence electrons. The quantitative estimate of drug-likeness (QED) is 0.142. The molecule has 2 aromatic carbocycles. The number of carbonyl (C=O) groups is 3. The molecule has 10 nitrogen and oxygen atoms in total. The van der Waals surface area contributed by atoms with Crippen molar-refractivity contribution in [2.45, 2.75) is 105 Å². The maximum atomic E-state index is 13.5. The number of ether oxygens (including phenoxy) is 4. The van der Waals surface area contributed by atoms with Crippen LogP contribution < -0.4 is 0 Å². The molecule has 0 saturated carbocycles. The topological polar surface area (TPSA) is 126 Å². The maximum absolute atomic E-state index is 13.5. The van der Waals surface area contributed by atoms with Crippen molar-refractivity contribution in [1.82, 2.24) is 9.55 Å². The highest BCUT2D eigenvalue weighted by Gasteiger charge is 2.33. The van der Waals surface area contributed by atoms with Gasteiger partial charge in [0.15, 0.2) is 5.69 Å². The van der Waals surface area contributed by atoms with Gasteiger partial charge < -0.3 is 28.6 Å². The van der Waals surface area contributed by atoms with E-state index in [1.54, 1.807) is 44.4 Å². The van der Waals surface area contributed by atoms with E-state index in [2.05, 4.69) is 4.98 Å². The zero-order valence-electron chi connectivity index (χ0n) is 27.1. The zero-order valence-corrected chi connectivity index (χ0v) is 27.1. The Labute approximate surface area is 259 Å². The van der Waals surface area contributed by atoms with Crippen molar-refractivity contribution >= 4 is 18.1 Å². The summed E-state index contributed by atoms with van der Waals surface area (Å²) in [5.41, 5.74) is 1.00. The van der Waals surface area contributed by atoms with Crippen LogP contribution in [0.1, 0.15) is 107 Å². The van der Waals surface area contributed by atoms with Gasteiger partial charge in [-0.05, 0) is 77.6 Å². The monoisotopic (exact) mass is 608 g/mol. The van der Waals surface area contributed by atoms with Crippen molar-refractivity contribution in [3.63, 3.8) is 0 Å². The Kier molecular flexibility index (Phi) is 11.0. The lowest BCUT2D eigenvalue weighted by atomic mass is 9.98. The van der Waals surface area contributed by atoms with Crippen LogP contribution in [0.2, 0.25) is 0 Å². The number of aryl methyl sites for hydroxylation is 1. The van der Waals surface area contributed by atoms with Gasteiger partial charge in [0, 0.05) is 19.9 Å². The number of nitrogens with zero attached hydrogens (tertiary/aromatic N) is 2. The van der Waals surface area contributed by atoms with Crippen LogP contribution in [0.4, 0.5) is 4.79 Å². The molecule has 0 aliphatic heterocycles. The molecule has 1 heterocycles. The molecule has 44 heavy (non-hydrogen) atoms. The second-order valence-corrected chi connectivity index (χ2v) is 12.4. The molecule has 1 aromatic heterocycles. The normalized spacial score (nSPS) is 12.5.